The van der Waals surface area contributed by atoms with Crippen LogP contribution in [0.4, 0.5) is 10.1 Å². The smallest absolute Gasteiger partial charge is 0.303 e. The van der Waals surface area contributed by atoms with Crippen molar-refractivity contribution in [3.63, 3.8) is 0 Å². The van der Waals surface area contributed by atoms with Crippen molar-refractivity contribution in [2.75, 3.05) is 26.9 Å². The Balaban J connectivity index is 1.59. The van der Waals surface area contributed by atoms with Gasteiger partial charge in [-0.3, -0.25) is 24.7 Å². The molecule has 12 nitrogen and oxygen atoms in total. The third-order valence-corrected chi connectivity index (χ3v) is 6.83. The molecule has 0 spiro atoms. The Morgan fingerprint density at radius 1 is 1.21 bits per heavy atom. The van der Waals surface area contributed by atoms with Crippen molar-refractivity contribution < 1.29 is 33.1 Å². The molecular weight excluding hydrogens is 533 g/mol. The van der Waals surface area contributed by atoms with Gasteiger partial charge in [0.1, 0.15) is 11.6 Å². The zero-order valence-electron chi connectivity index (χ0n) is 21.2. The minimum absolute atomic E-state index is 0.156. The molecule has 204 valence electrons. The molecule has 0 fully saturated rings. The first-order chi connectivity index (χ1) is 18.7. The monoisotopic (exact) mass is 557 g/mol. The van der Waals surface area contributed by atoms with Crippen LogP contribution < -0.4 is 4.74 Å². The Morgan fingerprint density at radius 3 is 2.69 bits per heavy atom. The lowest BCUT2D eigenvalue weighted by Crippen LogP contribution is -2.37. The van der Waals surface area contributed by atoms with E-state index in [2.05, 4.69) is 9.97 Å². The Bertz CT molecular complexity index is 1540. The summed E-state index contributed by atoms with van der Waals surface area (Å²) in [5.41, 5.74) is 0.947. The highest BCUT2D eigenvalue weighted by Gasteiger charge is 2.20. The van der Waals surface area contributed by atoms with Crippen LogP contribution in [0.25, 0.3) is 20.9 Å². The molecule has 1 amide bonds. The first-order valence-electron chi connectivity index (χ1n) is 11.6. The molecule has 14 heteroatoms. The van der Waals surface area contributed by atoms with Gasteiger partial charge in [0.15, 0.2) is 18.2 Å². The van der Waals surface area contributed by atoms with Gasteiger partial charge in [-0.05, 0) is 12.1 Å². The summed E-state index contributed by atoms with van der Waals surface area (Å²) < 4.78 is 32.6. The number of aromatic nitrogens is 3. The Hall–Kier alpha value is -4.43. The summed E-state index contributed by atoms with van der Waals surface area (Å²) in [5, 5.41) is 10.9. The van der Waals surface area contributed by atoms with Gasteiger partial charge in [0.25, 0.3) is 11.6 Å². The molecule has 39 heavy (non-hydrogen) atoms. The number of amides is 1. The summed E-state index contributed by atoms with van der Waals surface area (Å²) >= 11 is 1.33. The van der Waals surface area contributed by atoms with E-state index < -0.39 is 16.7 Å². The number of pyridine rings is 1. The van der Waals surface area contributed by atoms with E-state index in [-0.39, 0.29) is 30.5 Å². The summed E-state index contributed by atoms with van der Waals surface area (Å²) in [5.74, 6) is -0.982. The summed E-state index contributed by atoms with van der Waals surface area (Å²) in [6.45, 7) is 1.67. The van der Waals surface area contributed by atoms with Crippen molar-refractivity contribution in [3.8, 4) is 22.2 Å². The van der Waals surface area contributed by atoms with Crippen LogP contribution in [0.1, 0.15) is 12.6 Å². The maximum Gasteiger partial charge on any atom is 0.303 e. The first kappa shape index (κ1) is 27.6. The molecule has 3 heterocycles. The van der Waals surface area contributed by atoms with Gasteiger partial charge in [-0.15, -0.1) is 11.3 Å². The van der Waals surface area contributed by atoms with E-state index in [4.69, 9.17) is 14.2 Å². The molecule has 0 bridgehead atoms. The number of nitro groups is 1. The van der Waals surface area contributed by atoms with E-state index in [0.717, 1.165) is 16.6 Å². The van der Waals surface area contributed by atoms with E-state index in [1.54, 1.807) is 12.3 Å². The molecule has 0 atom stereocenters. The topological polar surface area (TPSA) is 139 Å². The lowest BCUT2D eigenvalue weighted by atomic mass is 10.3. The third kappa shape index (κ3) is 6.35. The van der Waals surface area contributed by atoms with Gasteiger partial charge < -0.3 is 23.7 Å². The average Bonchev–Trinajstić information content (AvgIpc) is 3.49. The molecule has 4 aromatic rings. The molecule has 0 aliphatic heterocycles. The predicted octanol–water partition coefficient (Wildman–Crippen LogP) is 4.07. The molecule has 0 unspecified atom stereocenters. The zero-order valence-corrected chi connectivity index (χ0v) is 22.1. The van der Waals surface area contributed by atoms with Crippen molar-refractivity contribution in [1.82, 2.24) is 19.4 Å². The van der Waals surface area contributed by atoms with E-state index in [9.17, 15) is 24.1 Å². The molecule has 0 aliphatic carbocycles. The van der Waals surface area contributed by atoms with Crippen molar-refractivity contribution in [3.05, 3.63) is 64.4 Å². The highest BCUT2D eigenvalue weighted by atomic mass is 32.1. The quantitative estimate of drug-likeness (QED) is 0.152. The van der Waals surface area contributed by atoms with E-state index in [0.29, 0.717) is 34.9 Å². The number of esters is 1. The number of benzene rings is 1. The van der Waals surface area contributed by atoms with E-state index >= 15 is 0 Å². The summed E-state index contributed by atoms with van der Waals surface area (Å²) in [4.78, 5) is 45.1. The van der Waals surface area contributed by atoms with Crippen LogP contribution in [0, 0.1) is 15.9 Å². The largest absolute Gasteiger partial charge is 0.456 e. The highest BCUT2D eigenvalue weighted by Crippen LogP contribution is 2.39. The first-order valence-corrected chi connectivity index (χ1v) is 12.4. The number of carbonyl (C=O) groups excluding carboxylic acids is 2. The second-order valence-corrected chi connectivity index (χ2v) is 9.38. The Kier molecular flexibility index (Phi) is 8.46. The summed E-state index contributed by atoms with van der Waals surface area (Å²) in [7, 11) is 3.34. The number of thiophene rings is 1. The number of ether oxygens (including phenoxy) is 3. The summed E-state index contributed by atoms with van der Waals surface area (Å²) in [6.07, 6.45) is 3.17. The molecule has 0 radical (unpaired) electrons. The molecule has 0 saturated heterocycles. The van der Waals surface area contributed by atoms with Gasteiger partial charge in [0.05, 0.1) is 51.1 Å². The maximum atomic E-state index is 14.4. The number of halogens is 1. The van der Waals surface area contributed by atoms with Crippen LogP contribution in [-0.4, -0.2) is 63.1 Å². The normalized spacial score (nSPS) is 11.0. The Morgan fingerprint density at radius 2 is 2.00 bits per heavy atom. The second-order valence-electron chi connectivity index (χ2n) is 8.33. The van der Waals surface area contributed by atoms with Crippen LogP contribution in [0.15, 0.2) is 42.7 Å². The summed E-state index contributed by atoms with van der Waals surface area (Å²) in [6, 6.07) is 6.57. The second kappa shape index (κ2) is 12.0. The fourth-order valence-electron chi connectivity index (χ4n) is 3.67. The molecule has 0 aliphatic rings. The van der Waals surface area contributed by atoms with Crippen molar-refractivity contribution in [2.45, 2.75) is 13.5 Å². The molecule has 0 N–H and O–H groups in total. The molecule has 1 aromatic carbocycles. The van der Waals surface area contributed by atoms with Gasteiger partial charge in [0, 0.05) is 46.0 Å². The Labute approximate surface area is 225 Å². The fourth-order valence-corrected chi connectivity index (χ4v) is 4.77. The fraction of sp³-hybridized carbons (Fsp3) is 0.280. The number of rotatable bonds is 11. The van der Waals surface area contributed by atoms with Crippen LogP contribution in [-0.2, 0) is 32.7 Å². The standard InChI is InChI=1S/C25H24FN5O7S/c1-15(32)37-14-23(33)30(8-9-36-3)13-17-12-28-25(29(17)2)22-11-19-24(39-22)21(6-7-27-19)38-20-5-4-16(31(34)35)10-18(20)26/h4-7,10-12H,8-9,13-14H2,1-3H3. The minimum atomic E-state index is -0.860. The SMILES string of the molecule is COCCN(Cc1cnc(-c2cc3nccc(Oc4ccc([N+](=O)[O-])cc4F)c3s2)n1C)C(=O)COC(C)=O. The number of fused-ring (bicyclic) bond motifs is 1. The number of hydrogen-bond acceptors (Lipinski definition) is 10. The predicted molar refractivity (Wildman–Crippen MR) is 139 cm³/mol. The van der Waals surface area contributed by atoms with Crippen LogP contribution in [0.5, 0.6) is 11.5 Å². The van der Waals surface area contributed by atoms with Gasteiger partial charge in [0.2, 0.25) is 0 Å². The third-order valence-electron chi connectivity index (χ3n) is 5.70. The number of nitro benzene ring substituents is 1. The van der Waals surface area contributed by atoms with Gasteiger partial charge in [-0.25, -0.2) is 9.37 Å². The number of hydrogen-bond donors (Lipinski definition) is 0. The van der Waals surface area contributed by atoms with Gasteiger partial charge >= 0.3 is 5.97 Å². The number of nitrogens with zero attached hydrogens (tertiary/aromatic N) is 5. The van der Waals surface area contributed by atoms with Crippen molar-refractivity contribution >= 4 is 39.1 Å². The maximum absolute atomic E-state index is 14.4. The lowest BCUT2D eigenvalue weighted by molar-refractivity contribution is -0.385. The van der Waals surface area contributed by atoms with Gasteiger partial charge in [-0.2, -0.15) is 0 Å². The number of carbonyl (C=O) groups is 2. The van der Waals surface area contributed by atoms with Crippen molar-refractivity contribution in [1.29, 1.82) is 0 Å². The lowest BCUT2D eigenvalue weighted by Gasteiger charge is -2.22. The molecular formula is C25H24FN5O7S. The van der Waals surface area contributed by atoms with Gasteiger partial charge in [-0.1, -0.05) is 0 Å². The number of methoxy groups -OCH3 is 1. The minimum Gasteiger partial charge on any atom is -0.456 e. The molecule has 3 aromatic heterocycles. The van der Waals surface area contributed by atoms with Crippen LogP contribution >= 0.6 is 11.3 Å². The molecule has 0 saturated carbocycles. The van der Waals surface area contributed by atoms with Crippen molar-refractivity contribution in [2.24, 2.45) is 7.05 Å². The van der Waals surface area contributed by atoms with E-state index in [1.165, 1.54) is 48.6 Å². The zero-order chi connectivity index (χ0) is 28.1. The molecule has 4 rings (SSSR count). The number of non-ortho nitro benzene ring substituents is 1. The average molecular weight is 558 g/mol. The number of imidazole rings is 1. The highest BCUT2D eigenvalue weighted by molar-refractivity contribution is 7.22. The van der Waals surface area contributed by atoms with E-state index in [1.807, 2.05) is 17.7 Å². The van der Waals surface area contributed by atoms with Crippen LogP contribution in [0.2, 0.25) is 0 Å². The van der Waals surface area contributed by atoms with Crippen LogP contribution in [0.3, 0.4) is 0 Å².